The van der Waals surface area contributed by atoms with Crippen molar-refractivity contribution in [1.82, 2.24) is 30.0 Å². The molecule has 2 aromatic heterocycles. The molecule has 13 heteroatoms. The summed E-state index contributed by atoms with van der Waals surface area (Å²) in [6.45, 7) is 6.55. The lowest BCUT2D eigenvalue weighted by atomic mass is 9.96. The Morgan fingerprint density at radius 2 is 1.66 bits per heavy atom. The van der Waals surface area contributed by atoms with E-state index in [4.69, 9.17) is 5.73 Å². The third-order valence-electron chi connectivity index (χ3n) is 8.37. The number of fused-ring (bicyclic) bond motifs is 1. The number of carbonyl (C=O) groups is 3. The van der Waals surface area contributed by atoms with Gasteiger partial charge < -0.3 is 15.5 Å². The maximum absolute atomic E-state index is 13.1. The number of aromatic nitrogens is 4. The molecule has 3 amide bonds. The van der Waals surface area contributed by atoms with Gasteiger partial charge in [0.05, 0.1) is 17.1 Å². The number of primary amides is 1. The summed E-state index contributed by atoms with van der Waals surface area (Å²) in [6.07, 6.45) is 7.19. The van der Waals surface area contributed by atoms with Gasteiger partial charge in [0, 0.05) is 75.7 Å². The minimum atomic E-state index is -0.771. The highest BCUT2D eigenvalue weighted by Gasteiger charge is 2.30. The van der Waals surface area contributed by atoms with Crippen LogP contribution in [0.15, 0.2) is 41.6 Å². The molecule has 1 aromatic carbocycles. The molecular formula is C28H33N9O4. The van der Waals surface area contributed by atoms with Crippen LogP contribution in [0, 0.1) is 5.92 Å². The summed E-state index contributed by atoms with van der Waals surface area (Å²) < 4.78 is 1.19. The Bertz CT molecular complexity index is 1520. The van der Waals surface area contributed by atoms with Crippen LogP contribution in [-0.2, 0) is 9.59 Å². The molecule has 41 heavy (non-hydrogen) atoms. The van der Waals surface area contributed by atoms with E-state index in [1.807, 2.05) is 18.2 Å². The lowest BCUT2D eigenvalue weighted by molar-refractivity contribution is -0.136. The molecule has 3 N–H and O–H groups in total. The normalized spacial score (nSPS) is 20.8. The van der Waals surface area contributed by atoms with Crippen LogP contribution in [0.2, 0.25) is 0 Å². The van der Waals surface area contributed by atoms with Gasteiger partial charge in [0.15, 0.2) is 0 Å². The number of amides is 3. The van der Waals surface area contributed by atoms with Gasteiger partial charge in [0.1, 0.15) is 6.04 Å². The van der Waals surface area contributed by atoms with Gasteiger partial charge in [-0.3, -0.25) is 29.4 Å². The average Bonchev–Trinajstić information content (AvgIpc) is 2.98. The molecule has 13 nitrogen and oxygen atoms in total. The van der Waals surface area contributed by atoms with Gasteiger partial charge in [0.25, 0.3) is 17.4 Å². The number of rotatable bonds is 6. The van der Waals surface area contributed by atoms with Crippen molar-refractivity contribution in [2.75, 3.05) is 55.6 Å². The van der Waals surface area contributed by atoms with Gasteiger partial charge in [-0.25, -0.2) is 14.6 Å². The molecule has 0 saturated carbocycles. The van der Waals surface area contributed by atoms with Gasteiger partial charge in [0.2, 0.25) is 11.9 Å². The Kier molecular flexibility index (Phi) is 7.35. The third kappa shape index (κ3) is 5.62. The van der Waals surface area contributed by atoms with Gasteiger partial charge in [-0.1, -0.05) is 0 Å². The fourth-order valence-corrected chi connectivity index (χ4v) is 5.97. The molecule has 5 heterocycles. The van der Waals surface area contributed by atoms with E-state index in [9.17, 15) is 19.2 Å². The van der Waals surface area contributed by atoms with Crippen LogP contribution in [-0.4, -0.2) is 88.2 Å². The number of hydrogen-bond donors (Lipinski definition) is 2. The molecule has 3 fully saturated rings. The number of benzene rings is 1. The van der Waals surface area contributed by atoms with Crippen LogP contribution < -0.4 is 26.4 Å². The highest BCUT2D eigenvalue weighted by atomic mass is 16.2. The first kappa shape index (κ1) is 26.8. The second-order valence-electron chi connectivity index (χ2n) is 11.0. The first-order chi connectivity index (χ1) is 19.9. The molecule has 6 rings (SSSR count). The topological polar surface area (TPSA) is 160 Å². The fraction of sp³-hybridized carbons (Fsp3) is 0.464. The molecule has 0 spiro atoms. The number of nitrogens with one attached hydrogen (secondary N) is 1. The van der Waals surface area contributed by atoms with Gasteiger partial charge in [-0.05, 0) is 43.4 Å². The minimum Gasteiger partial charge on any atom is -0.369 e. The molecule has 3 aromatic rings. The lowest BCUT2D eigenvalue weighted by Crippen LogP contribution is -2.49. The van der Waals surface area contributed by atoms with Crippen molar-refractivity contribution < 1.29 is 14.4 Å². The maximum Gasteiger partial charge on any atom is 0.275 e. The van der Waals surface area contributed by atoms with Crippen LogP contribution in [0.1, 0.15) is 42.1 Å². The molecule has 3 aliphatic heterocycles. The maximum atomic E-state index is 13.1. The Morgan fingerprint density at radius 3 is 2.34 bits per heavy atom. The monoisotopic (exact) mass is 559 g/mol. The van der Waals surface area contributed by atoms with Crippen molar-refractivity contribution in [3.8, 4) is 0 Å². The summed E-state index contributed by atoms with van der Waals surface area (Å²) in [5.41, 5.74) is 6.32. The Morgan fingerprint density at radius 1 is 0.927 bits per heavy atom. The van der Waals surface area contributed by atoms with Crippen molar-refractivity contribution >= 4 is 40.1 Å². The van der Waals surface area contributed by atoms with Crippen LogP contribution in [0.3, 0.4) is 0 Å². The summed E-state index contributed by atoms with van der Waals surface area (Å²) >= 11 is 0. The number of anilines is 2. The fourth-order valence-electron chi connectivity index (χ4n) is 5.97. The number of piperidine rings is 2. The van der Waals surface area contributed by atoms with Crippen molar-refractivity contribution in [1.29, 1.82) is 0 Å². The average molecular weight is 560 g/mol. The third-order valence-corrected chi connectivity index (χ3v) is 8.37. The molecule has 0 radical (unpaired) electrons. The summed E-state index contributed by atoms with van der Waals surface area (Å²) in [7, 11) is 0. The molecule has 0 bridgehead atoms. The number of nitrogens with zero attached hydrogens (tertiary/aromatic N) is 7. The van der Waals surface area contributed by atoms with E-state index in [1.165, 1.54) is 17.1 Å². The number of piperazine rings is 1. The first-order valence-electron chi connectivity index (χ1n) is 14.0. The zero-order valence-corrected chi connectivity index (χ0v) is 22.7. The summed E-state index contributed by atoms with van der Waals surface area (Å²) in [5, 5.41) is 7.81. The van der Waals surface area contributed by atoms with E-state index in [0.29, 0.717) is 22.8 Å². The predicted molar refractivity (Wildman–Crippen MR) is 152 cm³/mol. The Hall–Kier alpha value is -4.39. The standard InChI is InChI=1S/C28H33N9O4/c29-25(39)20-14-30-28(31-15-20)36-7-5-18(6-8-36)17-34-9-11-35(12-10-34)21-1-2-22-19(13-21)16-32-37(27(22)41)23-3-4-24(38)33-26(23)40/h1-2,13-16,18,23H,3-12,17H2,(H2,29,39)(H,33,38,40). The predicted octanol–water partition coefficient (Wildman–Crippen LogP) is 0.302. The van der Waals surface area contributed by atoms with Crippen molar-refractivity contribution in [2.45, 2.75) is 31.7 Å². The molecule has 0 aliphatic carbocycles. The molecule has 3 saturated heterocycles. The molecule has 1 atom stereocenters. The Balaban J connectivity index is 1.02. The van der Waals surface area contributed by atoms with E-state index in [2.05, 4.69) is 35.1 Å². The summed E-state index contributed by atoms with van der Waals surface area (Å²) in [6, 6.07) is 4.99. The molecule has 1 unspecified atom stereocenters. The van der Waals surface area contributed by atoms with E-state index >= 15 is 0 Å². The smallest absolute Gasteiger partial charge is 0.275 e. The zero-order valence-electron chi connectivity index (χ0n) is 22.7. The number of carbonyl (C=O) groups excluding carboxylic acids is 3. The van der Waals surface area contributed by atoms with E-state index in [1.54, 1.807) is 6.20 Å². The quantitative estimate of drug-likeness (QED) is 0.402. The van der Waals surface area contributed by atoms with Gasteiger partial charge in [-0.15, -0.1) is 0 Å². The largest absolute Gasteiger partial charge is 0.369 e. The SMILES string of the molecule is NC(=O)c1cnc(N2CCC(CN3CCN(c4ccc5c(=O)n(C6CCC(=O)NC6=O)ncc5c4)CC3)CC2)nc1. The van der Waals surface area contributed by atoms with Crippen molar-refractivity contribution in [2.24, 2.45) is 11.7 Å². The van der Waals surface area contributed by atoms with Crippen LogP contribution >= 0.6 is 0 Å². The molecular weight excluding hydrogens is 526 g/mol. The Labute approximate surface area is 236 Å². The lowest BCUT2D eigenvalue weighted by Gasteiger charge is -2.39. The summed E-state index contributed by atoms with van der Waals surface area (Å²) in [5.74, 6) is -0.0794. The highest BCUT2D eigenvalue weighted by molar-refractivity contribution is 5.99. The molecule has 3 aliphatic rings. The zero-order chi connectivity index (χ0) is 28.5. The van der Waals surface area contributed by atoms with Crippen LogP contribution in [0.5, 0.6) is 0 Å². The minimum absolute atomic E-state index is 0.190. The summed E-state index contributed by atoms with van der Waals surface area (Å²) in [4.78, 5) is 63.7. The van der Waals surface area contributed by atoms with E-state index in [-0.39, 0.29) is 24.3 Å². The number of hydrogen-bond acceptors (Lipinski definition) is 10. The first-order valence-corrected chi connectivity index (χ1v) is 14.0. The van der Waals surface area contributed by atoms with Crippen molar-refractivity contribution in [3.05, 3.63) is 52.7 Å². The second-order valence-corrected chi connectivity index (χ2v) is 11.0. The van der Waals surface area contributed by atoms with E-state index < -0.39 is 17.9 Å². The number of nitrogens with two attached hydrogens (primary N) is 1. The van der Waals surface area contributed by atoms with Crippen molar-refractivity contribution in [3.63, 3.8) is 0 Å². The molecule has 214 valence electrons. The van der Waals surface area contributed by atoms with Crippen LogP contribution in [0.4, 0.5) is 11.6 Å². The van der Waals surface area contributed by atoms with Gasteiger partial charge >= 0.3 is 0 Å². The second kappa shape index (κ2) is 11.2. The highest BCUT2D eigenvalue weighted by Crippen LogP contribution is 2.25. The van der Waals surface area contributed by atoms with Crippen LogP contribution in [0.25, 0.3) is 10.8 Å². The van der Waals surface area contributed by atoms with E-state index in [0.717, 1.165) is 69.7 Å². The number of imide groups is 1. The van der Waals surface area contributed by atoms with Gasteiger partial charge in [-0.2, -0.15) is 5.10 Å².